The molecule has 4 aliphatic heterocycles. The molecule has 182 valence electrons. The summed E-state index contributed by atoms with van der Waals surface area (Å²) in [5.41, 5.74) is -2.76. The Morgan fingerprint density at radius 1 is 1.09 bits per heavy atom. The van der Waals surface area contributed by atoms with Crippen LogP contribution in [0.4, 0.5) is 0 Å². The zero-order valence-corrected chi connectivity index (χ0v) is 20.1. The van der Waals surface area contributed by atoms with Gasteiger partial charge in [0.05, 0.1) is 18.1 Å². The number of hydrogen-bond acceptors (Lipinski definition) is 6. The number of aliphatic hydroxyl groups excluding tert-OH is 1. The van der Waals surface area contributed by atoms with E-state index in [2.05, 4.69) is 0 Å². The SMILES string of the molecule is CC(C)(C)N1CC=C[C@]23O[C@]4(C)/C=C\CCCOC(=O)[C@@H]4[C@H]2C(=O)N(CCCCO)C3C1=O. The topological polar surface area (TPSA) is 96.4 Å². The van der Waals surface area contributed by atoms with Gasteiger partial charge in [0.2, 0.25) is 11.8 Å². The van der Waals surface area contributed by atoms with Crippen molar-refractivity contribution in [2.24, 2.45) is 11.8 Å². The van der Waals surface area contributed by atoms with Gasteiger partial charge in [-0.3, -0.25) is 14.4 Å². The van der Waals surface area contributed by atoms with Crippen molar-refractivity contribution in [1.82, 2.24) is 9.80 Å². The molecule has 1 N–H and O–H groups in total. The number of fused-ring (bicyclic) bond motifs is 2. The van der Waals surface area contributed by atoms with Crippen LogP contribution in [0.2, 0.25) is 0 Å². The Morgan fingerprint density at radius 2 is 1.85 bits per heavy atom. The first-order chi connectivity index (χ1) is 15.6. The van der Waals surface area contributed by atoms with Gasteiger partial charge in [-0.15, -0.1) is 0 Å². The molecule has 2 fully saturated rings. The number of esters is 1. The molecule has 4 heterocycles. The predicted octanol–water partition coefficient (Wildman–Crippen LogP) is 1.82. The molecule has 33 heavy (non-hydrogen) atoms. The lowest BCUT2D eigenvalue weighted by molar-refractivity contribution is -0.160. The molecule has 0 aromatic heterocycles. The Kier molecular flexibility index (Phi) is 6.20. The van der Waals surface area contributed by atoms with E-state index < -0.39 is 40.6 Å². The number of carbonyl (C=O) groups is 3. The standard InChI is InChI=1S/C25H36N2O6/c1-23(2,3)27-14-10-12-25-17(20(29)26(13-7-8-15-28)19(25)21(27)30)18-22(31)32-16-9-5-6-11-24(18,4)33-25/h6,10-12,17-19,28H,5,7-9,13-16H2,1-4H3/b11-6-/t17-,18-,19?,24+,25-/m0/s1. The third-order valence-electron chi connectivity index (χ3n) is 7.37. The molecule has 5 atom stereocenters. The predicted molar refractivity (Wildman–Crippen MR) is 121 cm³/mol. The van der Waals surface area contributed by atoms with Gasteiger partial charge in [0.25, 0.3) is 0 Å². The number of likely N-dealkylation sites (tertiary alicyclic amines) is 1. The molecule has 0 bridgehead atoms. The number of rotatable bonds is 4. The summed E-state index contributed by atoms with van der Waals surface area (Å²) in [5, 5.41) is 9.27. The molecule has 0 aromatic carbocycles. The molecule has 4 rings (SSSR count). The van der Waals surface area contributed by atoms with Crippen LogP contribution in [0.5, 0.6) is 0 Å². The molecule has 0 aromatic rings. The average Bonchev–Trinajstić information content (AvgIpc) is 3.06. The van der Waals surface area contributed by atoms with Gasteiger partial charge in [0.1, 0.15) is 17.6 Å². The number of allylic oxidation sites excluding steroid dienone is 1. The largest absolute Gasteiger partial charge is 0.465 e. The quantitative estimate of drug-likeness (QED) is 0.391. The van der Waals surface area contributed by atoms with Gasteiger partial charge < -0.3 is 24.4 Å². The molecule has 4 aliphatic rings. The molecular formula is C25H36N2O6. The lowest BCUT2D eigenvalue weighted by Crippen LogP contribution is -2.59. The lowest BCUT2D eigenvalue weighted by atomic mass is 9.74. The highest BCUT2D eigenvalue weighted by molar-refractivity contribution is 5.99. The molecule has 8 nitrogen and oxygen atoms in total. The zero-order chi connectivity index (χ0) is 24.0. The minimum atomic E-state index is -1.25. The molecule has 1 spiro atoms. The van der Waals surface area contributed by atoms with E-state index in [1.54, 1.807) is 9.80 Å². The van der Waals surface area contributed by atoms with Crippen molar-refractivity contribution in [1.29, 1.82) is 0 Å². The van der Waals surface area contributed by atoms with Gasteiger partial charge in [-0.1, -0.05) is 24.3 Å². The maximum absolute atomic E-state index is 14.0. The molecule has 0 saturated carbocycles. The second-order valence-corrected chi connectivity index (χ2v) is 10.7. The summed E-state index contributed by atoms with van der Waals surface area (Å²) in [4.78, 5) is 44.6. The number of carbonyl (C=O) groups excluding carboxylic acids is 3. The van der Waals surface area contributed by atoms with Crippen LogP contribution in [0, 0.1) is 11.8 Å². The van der Waals surface area contributed by atoms with Crippen molar-refractivity contribution in [3.63, 3.8) is 0 Å². The molecule has 1 unspecified atom stereocenters. The van der Waals surface area contributed by atoms with E-state index >= 15 is 0 Å². The van der Waals surface area contributed by atoms with Gasteiger partial charge in [0, 0.05) is 25.2 Å². The van der Waals surface area contributed by atoms with Crippen LogP contribution in [0.3, 0.4) is 0 Å². The summed E-state index contributed by atoms with van der Waals surface area (Å²) in [5.74, 6) is -2.59. The molecular weight excluding hydrogens is 424 g/mol. The Bertz CT molecular complexity index is 877. The minimum absolute atomic E-state index is 0.0115. The van der Waals surface area contributed by atoms with Crippen LogP contribution in [-0.4, -0.2) is 81.8 Å². The fourth-order valence-corrected chi connectivity index (χ4v) is 5.87. The maximum Gasteiger partial charge on any atom is 0.313 e. The first-order valence-corrected chi connectivity index (χ1v) is 12.0. The third-order valence-corrected chi connectivity index (χ3v) is 7.37. The highest BCUT2D eigenvalue weighted by Gasteiger charge is 2.74. The number of nitrogens with zero attached hydrogens (tertiary/aromatic N) is 2. The fourth-order valence-electron chi connectivity index (χ4n) is 5.87. The summed E-state index contributed by atoms with van der Waals surface area (Å²) in [6.07, 6.45) is 10.1. The minimum Gasteiger partial charge on any atom is -0.465 e. The lowest BCUT2D eigenvalue weighted by Gasteiger charge is -2.41. The van der Waals surface area contributed by atoms with Gasteiger partial charge in [-0.25, -0.2) is 0 Å². The molecule has 2 amide bonds. The second-order valence-electron chi connectivity index (χ2n) is 10.7. The van der Waals surface area contributed by atoms with Gasteiger partial charge in [-0.05, 0) is 53.4 Å². The summed E-state index contributed by atoms with van der Waals surface area (Å²) in [6.45, 7) is 8.74. The van der Waals surface area contributed by atoms with Gasteiger partial charge >= 0.3 is 5.97 Å². The molecule has 8 heteroatoms. The molecule has 0 radical (unpaired) electrons. The summed E-state index contributed by atoms with van der Waals surface area (Å²) in [6, 6.07) is -0.875. The fraction of sp³-hybridized carbons (Fsp3) is 0.720. The Balaban J connectivity index is 1.85. The van der Waals surface area contributed by atoms with E-state index in [4.69, 9.17) is 9.47 Å². The van der Waals surface area contributed by atoms with E-state index in [-0.39, 0.29) is 18.4 Å². The van der Waals surface area contributed by atoms with E-state index in [0.29, 0.717) is 39.0 Å². The van der Waals surface area contributed by atoms with Crippen molar-refractivity contribution in [3.05, 3.63) is 24.3 Å². The van der Waals surface area contributed by atoms with Crippen molar-refractivity contribution in [3.8, 4) is 0 Å². The Labute approximate surface area is 195 Å². The number of amides is 2. The zero-order valence-electron chi connectivity index (χ0n) is 20.1. The van der Waals surface area contributed by atoms with Crippen LogP contribution >= 0.6 is 0 Å². The van der Waals surface area contributed by atoms with E-state index in [1.807, 2.05) is 52.0 Å². The van der Waals surface area contributed by atoms with Crippen LogP contribution < -0.4 is 0 Å². The number of cyclic esters (lactones) is 1. The maximum atomic E-state index is 14.0. The van der Waals surface area contributed by atoms with Crippen molar-refractivity contribution in [2.45, 2.75) is 76.2 Å². The highest BCUT2D eigenvalue weighted by atomic mass is 16.6. The van der Waals surface area contributed by atoms with Crippen molar-refractivity contribution in [2.75, 3.05) is 26.3 Å². The van der Waals surface area contributed by atoms with Crippen LogP contribution in [0.1, 0.15) is 53.4 Å². The smallest absolute Gasteiger partial charge is 0.313 e. The van der Waals surface area contributed by atoms with Gasteiger partial charge in [-0.2, -0.15) is 0 Å². The number of unbranched alkanes of at least 4 members (excludes halogenated alkanes) is 1. The van der Waals surface area contributed by atoms with Crippen LogP contribution in [0.15, 0.2) is 24.3 Å². The van der Waals surface area contributed by atoms with E-state index in [9.17, 15) is 19.5 Å². The third kappa shape index (κ3) is 3.81. The highest BCUT2D eigenvalue weighted by Crippen LogP contribution is 2.57. The molecule has 2 saturated heterocycles. The van der Waals surface area contributed by atoms with E-state index in [1.165, 1.54) is 0 Å². The average molecular weight is 461 g/mol. The summed E-state index contributed by atoms with van der Waals surface area (Å²) >= 11 is 0. The Morgan fingerprint density at radius 3 is 2.55 bits per heavy atom. The Hall–Kier alpha value is -2.19. The number of aliphatic hydroxyl groups is 1. The monoisotopic (exact) mass is 460 g/mol. The van der Waals surface area contributed by atoms with Crippen LogP contribution in [0.25, 0.3) is 0 Å². The first-order valence-electron chi connectivity index (χ1n) is 12.0. The number of hydrogen-bond donors (Lipinski definition) is 1. The van der Waals surface area contributed by atoms with Gasteiger partial charge in [0.15, 0.2) is 0 Å². The van der Waals surface area contributed by atoms with E-state index in [0.717, 1.165) is 6.42 Å². The second kappa shape index (κ2) is 8.55. The first kappa shape index (κ1) is 24.0. The van der Waals surface area contributed by atoms with Crippen LogP contribution in [-0.2, 0) is 23.9 Å². The normalized spacial score (nSPS) is 37.5. The summed E-state index contributed by atoms with van der Waals surface area (Å²) in [7, 11) is 0. The van der Waals surface area contributed by atoms with Crippen molar-refractivity contribution < 1.29 is 29.0 Å². The van der Waals surface area contributed by atoms with Crippen molar-refractivity contribution >= 4 is 17.8 Å². The number of ether oxygens (including phenoxy) is 2. The molecule has 0 aliphatic carbocycles. The summed E-state index contributed by atoms with van der Waals surface area (Å²) < 4.78 is 12.3.